The van der Waals surface area contributed by atoms with Crippen molar-refractivity contribution in [2.45, 2.75) is 6.92 Å². The number of carbonyl (C=O) groups excluding carboxylic acids is 2. The van der Waals surface area contributed by atoms with Gasteiger partial charge in [0.05, 0.1) is 0 Å². The van der Waals surface area contributed by atoms with Crippen LogP contribution in [0.1, 0.15) is 15.2 Å². The Morgan fingerprint density at radius 1 is 1.35 bits per heavy atom. The predicted octanol–water partition coefficient (Wildman–Crippen LogP) is 3.51. The van der Waals surface area contributed by atoms with E-state index in [9.17, 15) is 9.59 Å². The number of hydrogen-bond donors (Lipinski definition) is 1. The monoisotopic (exact) mass is 309 g/mol. The molecule has 0 atom stereocenters. The highest BCUT2D eigenvalue weighted by molar-refractivity contribution is 7.11. The first-order valence-electron chi connectivity index (χ1n) is 5.83. The lowest BCUT2D eigenvalue weighted by molar-refractivity contribution is -0.119. The lowest BCUT2D eigenvalue weighted by Gasteiger charge is -2.08. The Hall–Kier alpha value is -1.85. The van der Waals surface area contributed by atoms with E-state index >= 15 is 0 Å². The highest BCUT2D eigenvalue weighted by atomic mass is 35.5. The maximum Gasteiger partial charge on any atom is 0.348 e. The number of nitrogens with one attached hydrogen (secondary N) is 1. The van der Waals surface area contributed by atoms with Gasteiger partial charge in [0.25, 0.3) is 5.91 Å². The molecule has 0 fully saturated rings. The van der Waals surface area contributed by atoms with Crippen molar-refractivity contribution in [3.05, 3.63) is 51.2 Å². The van der Waals surface area contributed by atoms with Gasteiger partial charge in [-0.05, 0) is 42.1 Å². The molecule has 0 aliphatic carbocycles. The van der Waals surface area contributed by atoms with Gasteiger partial charge in [-0.1, -0.05) is 17.7 Å². The number of benzene rings is 1. The van der Waals surface area contributed by atoms with Gasteiger partial charge >= 0.3 is 5.97 Å². The standard InChI is InChI=1S/C14H12ClNO3S/c1-9-7-10(15)4-5-11(9)16-13(17)8-19-14(18)12-3-2-6-20-12/h2-7H,8H2,1H3,(H,16,17). The number of aryl methyl sites for hydroxylation is 1. The number of anilines is 1. The van der Waals surface area contributed by atoms with Crippen LogP contribution in [-0.4, -0.2) is 18.5 Å². The summed E-state index contributed by atoms with van der Waals surface area (Å²) in [7, 11) is 0. The van der Waals surface area contributed by atoms with Gasteiger partial charge in [-0.15, -0.1) is 11.3 Å². The van der Waals surface area contributed by atoms with Crippen molar-refractivity contribution in [2.24, 2.45) is 0 Å². The number of hydrogen-bond acceptors (Lipinski definition) is 4. The van der Waals surface area contributed by atoms with Gasteiger partial charge in [0.15, 0.2) is 6.61 Å². The van der Waals surface area contributed by atoms with Crippen molar-refractivity contribution < 1.29 is 14.3 Å². The van der Waals surface area contributed by atoms with E-state index in [-0.39, 0.29) is 12.5 Å². The molecule has 1 aromatic carbocycles. The number of esters is 1. The van der Waals surface area contributed by atoms with E-state index in [0.29, 0.717) is 15.6 Å². The van der Waals surface area contributed by atoms with Crippen LogP contribution in [0.4, 0.5) is 5.69 Å². The minimum atomic E-state index is -0.497. The van der Waals surface area contributed by atoms with E-state index in [4.69, 9.17) is 16.3 Å². The average Bonchev–Trinajstić information content (AvgIpc) is 2.93. The molecule has 2 rings (SSSR count). The van der Waals surface area contributed by atoms with Crippen LogP contribution in [0.15, 0.2) is 35.7 Å². The van der Waals surface area contributed by atoms with E-state index in [2.05, 4.69) is 5.32 Å². The van der Waals surface area contributed by atoms with Crippen molar-refractivity contribution >= 4 is 40.5 Å². The fraction of sp³-hybridized carbons (Fsp3) is 0.143. The van der Waals surface area contributed by atoms with Crippen LogP contribution in [-0.2, 0) is 9.53 Å². The van der Waals surface area contributed by atoms with E-state index in [1.165, 1.54) is 11.3 Å². The first-order chi connectivity index (χ1) is 9.56. The molecule has 0 aliphatic heterocycles. The largest absolute Gasteiger partial charge is 0.451 e. The molecule has 0 unspecified atom stereocenters. The average molecular weight is 310 g/mol. The van der Waals surface area contributed by atoms with Crippen LogP contribution in [0.3, 0.4) is 0 Å². The van der Waals surface area contributed by atoms with Gasteiger partial charge in [-0.3, -0.25) is 4.79 Å². The minimum absolute atomic E-state index is 0.321. The lowest BCUT2D eigenvalue weighted by Crippen LogP contribution is -2.21. The Labute approximate surface area is 125 Å². The summed E-state index contributed by atoms with van der Waals surface area (Å²) in [6.45, 7) is 1.51. The van der Waals surface area contributed by atoms with E-state index in [1.54, 1.807) is 35.7 Å². The van der Waals surface area contributed by atoms with Gasteiger partial charge < -0.3 is 10.1 Å². The minimum Gasteiger partial charge on any atom is -0.451 e. The molecule has 1 aromatic heterocycles. The topological polar surface area (TPSA) is 55.4 Å². The molecule has 0 bridgehead atoms. The molecule has 1 amide bonds. The van der Waals surface area contributed by atoms with Crippen molar-refractivity contribution in [3.63, 3.8) is 0 Å². The van der Waals surface area contributed by atoms with Crippen LogP contribution in [0, 0.1) is 6.92 Å². The number of amides is 1. The van der Waals surface area contributed by atoms with E-state index < -0.39 is 5.97 Å². The molecule has 4 nitrogen and oxygen atoms in total. The van der Waals surface area contributed by atoms with Gasteiger partial charge in [-0.2, -0.15) is 0 Å². The number of ether oxygens (including phenoxy) is 1. The van der Waals surface area contributed by atoms with Gasteiger partial charge in [0.2, 0.25) is 0 Å². The molecule has 1 N–H and O–H groups in total. The summed E-state index contributed by atoms with van der Waals surface area (Å²) in [5.74, 6) is -0.886. The number of halogens is 1. The molecule has 0 saturated carbocycles. The highest BCUT2D eigenvalue weighted by Gasteiger charge is 2.11. The number of carbonyl (C=O) groups is 2. The Morgan fingerprint density at radius 2 is 2.15 bits per heavy atom. The predicted molar refractivity (Wildman–Crippen MR) is 79.4 cm³/mol. The third kappa shape index (κ3) is 3.82. The molecule has 0 radical (unpaired) electrons. The first-order valence-corrected chi connectivity index (χ1v) is 7.08. The molecule has 0 spiro atoms. The Bertz CT molecular complexity index is 625. The number of thiophene rings is 1. The maximum atomic E-state index is 11.7. The summed E-state index contributed by atoms with van der Waals surface area (Å²) in [6, 6.07) is 8.53. The van der Waals surface area contributed by atoms with E-state index in [0.717, 1.165) is 5.56 Å². The normalized spacial score (nSPS) is 10.1. The molecule has 0 aliphatic rings. The van der Waals surface area contributed by atoms with Crippen molar-refractivity contribution in [3.8, 4) is 0 Å². The lowest BCUT2D eigenvalue weighted by atomic mass is 10.2. The summed E-state index contributed by atoms with van der Waals surface area (Å²) in [6.07, 6.45) is 0. The van der Waals surface area contributed by atoms with Gasteiger partial charge in [0, 0.05) is 10.7 Å². The van der Waals surface area contributed by atoms with Crippen molar-refractivity contribution in [1.29, 1.82) is 0 Å². The Kier molecular flexibility index (Phi) is 4.76. The second-order valence-corrected chi connectivity index (χ2v) is 5.44. The molecule has 6 heteroatoms. The Morgan fingerprint density at radius 3 is 2.80 bits per heavy atom. The number of rotatable bonds is 4. The van der Waals surface area contributed by atoms with Crippen molar-refractivity contribution in [1.82, 2.24) is 0 Å². The SMILES string of the molecule is Cc1cc(Cl)ccc1NC(=O)COC(=O)c1cccs1. The third-order valence-electron chi connectivity index (χ3n) is 2.52. The maximum absolute atomic E-state index is 11.7. The van der Waals surface area contributed by atoms with Crippen LogP contribution in [0.5, 0.6) is 0 Å². The summed E-state index contributed by atoms with van der Waals surface area (Å²) in [4.78, 5) is 23.7. The molecule has 1 heterocycles. The quantitative estimate of drug-likeness (QED) is 0.879. The smallest absolute Gasteiger partial charge is 0.348 e. The fourth-order valence-corrected chi connectivity index (χ4v) is 2.39. The summed E-state index contributed by atoms with van der Waals surface area (Å²) in [5.41, 5.74) is 1.49. The van der Waals surface area contributed by atoms with Gasteiger partial charge in [0.1, 0.15) is 4.88 Å². The fourth-order valence-electron chi connectivity index (χ4n) is 1.55. The van der Waals surface area contributed by atoms with Crippen molar-refractivity contribution in [2.75, 3.05) is 11.9 Å². The van der Waals surface area contributed by atoms with Gasteiger partial charge in [-0.25, -0.2) is 4.79 Å². The van der Waals surface area contributed by atoms with Crippen LogP contribution in [0.2, 0.25) is 5.02 Å². The molecule has 0 saturated heterocycles. The molecular weight excluding hydrogens is 298 g/mol. The van der Waals surface area contributed by atoms with Crippen LogP contribution in [0.25, 0.3) is 0 Å². The zero-order valence-electron chi connectivity index (χ0n) is 10.7. The zero-order valence-corrected chi connectivity index (χ0v) is 12.3. The van der Waals surface area contributed by atoms with Crippen LogP contribution >= 0.6 is 22.9 Å². The molecule has 2 aromatic rings. The summed E-state index contributed by atoms with van der Waals surface area (Å²) < 4.78 is 4.92. The zero-order chi connectivity index (χ0) is 14.5. The summed E-state index contributed by atoms with van der Waals surface area (Å²) >= 11 is 7.10. The summed E-state index contributed by atoms with van der Waals surface area (Å²) in [5, 5.41) is 5.04. The second kappa shape index (κ2) is 6.54. The highest BCUT2D eigenvalue weighted by Crippen LogP contribution is 2.19. The first kappa shape index (κ1) is 14.6. The Balaban J connectivity index is 1.88. The molecular formula is C14H12ClNO3S. The second-order valence-electron chi connectivity index (χ2n) is 4.06. The molecule has 104 valence electrons. The van der Waals surface area contributed by atoms with Crippen LogP contribution < -0.4 is 5.32 Å². The third-order valence-corrected chi connectivity index (χ3v) is 3.60. The van der Waals surface area contributed by atoms with E-state index in [1.807, 2.05) is 6.92 Å². The molecule has 20 heavy (non-hydrogen) atoms.